The Kier molecular flexibility index (Phi) is 4.08. The summed E-state index contributed by atoms with van der Waals surface area (Å²) in [6.45, 7) is -0.349. The quantitative estimate of drug-likeness (QED) is 0.855. The number of halogens is 4. The first-order chi connectivity index (χ1) is 9.75. The molecular weight excluding hydrogens is 309 g/mol. The number of anilines is 2. The van der Waals surface area contributed by atoms with Gasteiger partial charge in [0, 0.05) is 11.9 Å². The molecule has 0 aliphatic heterocycles. The number of carbonyl (C=O) groups excluding carboxylic acids is 1. The van der Waals surface area contributed by atoms with E-state index < -0.39 is 17.8 Å². The van der Waals surface area contributed by atoms with E-state index in [2.05, 4.69) is 10.4 Å². The summed E-state index contributed by atoms with van der Waals surface area (Å²) in [5.41, 5.74) is 5.20. The molecule has 0 fully saturated rings. The maximum atomic E-state index is 12.4. The molecule has 3 N–H and O–H groups in total. The molecule has 1 aromatic heterocycles. The topological polar surface area (TPSA) is 72.9 Å². The zero-order chi connectivity index (χ0) is 15.6. The number of amides is 1. The molecule has 2 aromatic rings. The van der Waals surface area contributed by atoms with E-state index in [1.54, 1.807) is 0 Å². The molecule has 0 radical (unpaired) electrons. The molecule has 5 nitrogen and oxygen atoms in total. The molecule has 0 spiro atoms. The summed E-state index contributed by atoms with van der Waals surface area (Å²) in [7, 11) is 0. The molecule has 112 valence electrons. The molecule has 0 aliphatic carbocycles. The van der Waals surface area contributed by atoms with Gasteiger partial charge in [0.15, 0.2) is 5.69 Å². The van der Waals surface area contributed by atoms with Gasteiger partial charge in [-0.2, -0.15) is 18.3 Å². The normalized spacial score (nSPS) is 11.4. The Bertz CT molecular complexity index is 669. The van der Waals surface area contributed by atoms with E-state index in [0.29, 0.717) is 10.7 Å². The van der Waals surface area contributed by atoms with Crippen LogP contribution >= 0.6 is 11.6 Å². The van der Waals surface area contributed by atoms with E-state index in [4.69, 9.17) is 17.3 Å². The Morgan fingerprint density at radius 3 is 2.67 bits per heavy atom. The molecular formula is C12H10ClF3N4O. The fourth-order valence-corrected chi connectivity index (χ4v) is 1.69. The molecule has 0 bridgehead atoms. The van der Waals surface area contributed by atoms with Crippen molar-refractivity contribution in [2.45, 2.75) is 12.7 Å². The van der Waals surface area contributed by atoms with Crippen LogP contribution in [-0.4, -0.2) is 15.7 Å². The van der Waals surface area contributed by atoms with Crippen molar-refractivity contribution in [1.82, 2.24) is 9.78 Å². The Morgan fingerprint density at radius 2 is 2.10 bits per heavy atom. The number of carbonyl (C=O) groups is 1. The minimum absolute atomic E-state index is 0.285. The summed E-state index contributed by atoms with van der Waals surface area (Å²) >= 11 is 5.73. The highest BCUT2D eigenvalue weighted by Gasteiger charge is 2.33. The van der Waals surface area contributed by atoms with Gasteiger partial charge in [0.05, 0.1) is 10.7 Å². The molecule has 0 atom stereocenters. The van der Waals surface area contributed by atoms with E-state index in [-0.39, 0.29) is 12.2 Å². The van der Waals surface area contributed by atoms with Gasteiger partial charge in [-0.1, -0.05) is 11.6 Å². The number of nitrogen functional groups attached to an aromatic ring is 1. The number of hydrogen-bond donors (Lipinski definition) is 2. The van der Waals surface area contributed by atoms with Crippen molar-refractivity contribution in [2.24, 2.45) is 0 Å². The first-order valence-corrected chi connectivity index (χ1v) is 6.09. The van der Waals surface area contributed by atoms with Gasteiger partial charge >= 0.3 is 6.18 Å². The number of alkyl halides is 3. The predicted octanol–water partition coefficient (Wildman–Crippen LogP) is 2.78. The number of rotatable bonds is 3. The summed E-state index contributed by atoms with van der Waals surface area (Å²) in [6, 6.07) is 5.28. The van der Waals surface area contributed by atoms with Crippen molar-refractivity contribution in [3.63, 3.8) is 0 Å². The van der Waals surface area contributed by atoms with Crippen LogP contribution in [0.4, 0.5) is 24.5 Å². The van der Waals surface area contributed by atoms with Crippen LogP contribution in [0.5, 0.6) is 0 Å². The summed E-state index contributed by atoms with van der Waals surface area (Å²) in [5, 5.41) is 6.11. The zero-order valence-corrected chi connectivity index (χ0v) is 11.2. The Balaban J connectivity index is 2.01. The first-order valence-electron chi connectivity index (χ1n) is 5.71. The smallest absolute Gasteiger partial charge is 0.397 e. The lowest BCUT2D eigenvalue weighted by molar-refractivity contribution is -0.141. The van der Waals surface area contributed by atoms with Crippen molar-refractivity contribution in [3.05, 3.63) is 41.2 Å². The van der Waals surface area contributed by atoms with Crippen LogP contribution in [0.3, 0.4) is 0 Å². The van der Waals surface area contributed by atoms with E-state index in [1.165, 1.54) is 18.2 Å². The molecule has 21 heavy (non-hydrogen) atoms. The van der Waals surface area contributed by atoms with Crippen LogP contribution < -0.4 is 11.1 Å². The van der Waals surface area contributed by atoms with E-state index in [1.807, 2.05) is 0 Å². The van der Waals surface area contributed by atoms with Crippen LogP contribution in [0.1, 0.15) is 5.69 Å². The van der Waals surface area contributed by atoms with Gasteiger partial charge in [0.25, 0.3) is 0 Å². The second-order valence-corrected chi connectivity index (χ2v) is 4.59. The lowest BCUT2D eigenvalue weighted by Gasteiger charge is -2.07. The average molecular weight is 319 g/mol. The highest BCUT2D eigenvalue weighted by Crippen LogP contribution is 2.27. The highest BCUT2D eigenvalue weighted by atomic mass is 35.5. The van der Waals surface area contributed by atoms with Gasteiger partial charge in [-0.25, -0.2) is 0 Å². The lowest BCUT2D eigenvalue weighted by atomic mass is 10.3. The van der Waals surface area contributed by atoms with E-state index in [9.17, 15) is 18.0 Å². The largest absolute Gasteiger partial charge is 0.435 e. The lowest BCUT2D eigenvalue weighted by Crippen LogP contribution is -2.19. The third-order valence-corrected chi connectivity index (χ3v) is 2.86. The van der Waals surface area contributed by atoms with Gasteiger partial charge in [-0.3, -0.25) is 9.48 Å². The SMILES string of the molecule is Nc1cc(NC(=O)Cn2ccc(C(F)(F)F)n2)ccc1Cl. The van der Waals surface area contributed by atoms with Crippen molar-refractivity contribution in [2.75, 3.05) is 11.1 Å². The Morgan fingerprint density at radius 1 is 1.38 bits per heavy atom. The maximum absolute atomic E-state index is 12.4. The molecule has 0 aliphatic rings. The fourth-order valence-electron chi connectivity index (χ4n) is 1.57. The number of nitrogens with two attached hydrogens (primary N) is 1. The number of nitrogens with zero attached hydrogens (tertiary/aromatic N) is 2. The maximum Gasteiger partial charge on any atom is 0.435 e. The van der Waals surface area contributed by atoms with E-state index in [0.717, 1.165) is 16.9 Å². The Labute approximate surface area is 122 Å². The highest BCUT2D eigenvalue weighted by molar-refractivity contribution is 6.33. The minimum atomic E-state index is -4.54. The van der Waals surface area contributed by atoms with Crippen LogP contribution in [0.2, 0.25) is 5.02 Å². The van der Waals surface area contributed by atoms with Crippen molar-refractivity contribution in [1.29, 1.82) is 0 Å². The summed E-state index contributed by atoms with van der Waals surface area (Å²) < 4.78 is 38.0. The number of nitrogens with one attached hydrogen (secondary N) is 1. The first kappa shape index (κ1) is 15.2. The molecule has 0 unspecified atom stereocenters. The molecule has 1 heterocycles. The standard InChI is InChI=1S/C12H10ClF3N4O/c13-8-2-1-7(5-9(8)17)18-11(21)6-20-4-3-10(19-20)12(14,15)16/h1-5H,6,17H2,(H,18,21). The Hall–Kier alpha value is -2.22. The van der Waals surface area contributed by atoms with Crippen LogP contribution in [-0.2, 0) is 17.5 Å². The van der Waals surface area contributed by atoms with Crippen molar-refractivity contribution < 1.29 is 18.0 Å². The molecule has 9 heteroatoms. The molecule has 2 rings (SSSR count). The van der Waals surface area contributed by atoms with Crippen LogP contribution in [0, 0.1) is 0 Å². The molecule has 0 saturated heterocycles. The summed E-state index contributed by atoms with van der Waals surface area (Å²) in [6.07, 6.45) is -3.45. The van der Waals surface area contributed by atoms with Gasteiger partial charge in [-0.05, 0) is 24.3 Å². The van der Waals surface area contributed by atoms with Crippen LogP contribution in [0.15, 0.2) is 30.5 Å². The van der Waals surface area contributed by atoms with E-state index >= 15 is 0 Å². The van der Waals surface area contributed by atoms with Crippen molar-refractivity contribution in [3.8, 4) is 0 Å². The number of benzene rings is 1. The predicted molar refractivity (Wildman–Crippen MR) is 71.7 cm³/mol. The third kappa shape index (κ3) is 3.88. The molecule has 1 aromatic carbocycles. The summed E-state index contributed by atoms with van der Waals surface area (Å²) in [5.74, 6) is -0.534. The fraction of sp³-hybridized carbons (Fsp3) is 0.167. The summed E-state index contributed by atoms with van der Waals surface area (Å²) in [4.78, 5) is 11.7. The zero-order valence-electron chi connectivity index (χ0n) is 10.5. The van der Waals surface area contributed by atoms with Gasteiger partial charge in [0.1, 0.15) is 6.54 Å². The number of hydrogen-bond acceptors (Lipinski definition) is 3. The monoisotopic (exact) mass is 318 g/mol. The molecule has 1 amide bonds. The minimum Gasteiger partial charge on any atom is -0.397 e. The third-order valence-electron chi connectivity index (χ3n) is 2.52. The van der Waals surface area contributed by atoms with Crippen LogP contribution in [0.25, 0.3) is 0 Å². The molecule has 0 saturated carbocycles. The number of aromatic nitrogens is 2. The van der Waals surface area contributed by atoms with Gasteiger partial charge in [0.2, 0.25) is 5.91 Å². The van der Waals surface area contributed by atoms with Crippen molar-refractivity contribution >= 4 is 28.9 Å². The average Bonchev–Trinajstić information content (AvgIpc) is 2.82. The second-order valence-electron chi connectivity index (χ2n) is 4.18. The second kappa shape index (κ2) is 5.65. The van der Waals surface area contributed by atoms with Gasteiger partial charge in [-0.15, -0.1) is 0 Å². The van der Waals surface area contributed by atoms with Gasteiger partial charge < -0.3 is 11.1 Å².